The molecule has 0 N–H and O–H groups in total. The van der Waals surface area contributed by atoms with Crippen LogP contribution in [0.5, 0.6) is 0 Å². The second-order valence-electron chi connectivity index (χ2n) is 2.54. The molecule has 0 saturated carbocycles. The van der Waals surface area contributed by atoms with E-state index in [0.717, 1.165) is 22.6 Å². The van der Waals surface area contributed by atoms with E-state index in [9.17, 15) is 27.7 Å². The van der Waals surface area contributed by atoms with E-state index in [1.165, 1.54) is 0 Å². The van der Waals surface area contributed by atoms with Gasteiger partial charge in [-0.25, -0.2) is 4.39 Å². The van der Waals surface area contributed by atoms with Crippen molar-refractivity contribution >= 4 is 28.3 Å². The van der Waals surface area contributed by atoms with Gasteiger partial charge in [0.2, 0.25) is 0 Å². The Morgan fingerprint density at radius 2 is 1.87 bits per heavy atom. The molecule has 0 unspecified atom stereocenters. The Balaban J connectivity index is 3.45. The summed E-state index contributed by atoms with van der Waals surface area (Å²) in [5, 5.41) is 10.2. The average Bonchev–Trinajstić information content (AvgIpc) is 2.06. The fourth-order valence-corrected chi connectivity index (χ4v) is 1.50. The minimum Gasteiger partial charge on any atom is -0.258 e. The molecule has 0 spiro atoms. The molecule has 0 heterocycles. The molecule has 1 aromatic rings. The van der Waals surface area contributed by atoms with Crippen molar-refractivity contribution in [1.82, 2.24) is 0 Å². The molecule has 0 aliphatic heterocycles. The third-order valence-electron chi connectivity index (χ3n) is 1.53. The minimum absolute atomic E-state index is 0.310. The van der Waals surface area contributed by atoms with Crippen LogP contribution in [-0.4, -0.2) is 4.92 Å². The number of rotatable bonds is 1. The van der Waals surface area contributed by atoms with E-state index in [0.29, 0.717) is 12.1 Å². The largest absolute Gasteiger partial charge is 0.417 e. The van der Waals surface area contributed by atoms with Gasteiger partial charge in [-0.05, 0) is 22.6 Å². The first-order chi connectivity index (χ1) is 6.73. The number of nitrogens with zero attached hydrogens (tertiary/aromatic N) is 1. The van der Waals surface area contributed by atoms with E-state index in [2.05, 4.69) is 0 Å². The molecule has 0 fully saturated rings. The van der Waals surface area contributed by atoms with Gasteiger partial charge in [-0.15, -0.1) is 0 Å². The van der Waals surface area contributed by atoms with E-state index in [-0.39, 0.29) is 0 Å². The Kier molecular flexibility index (Phi) is 3.16. The van der Waals surface area contributed by atoms with Gasteiger partial charge in [-0.2, -0.15) is 13.2 Å². The van der Waals surface area contributed by atoms with Gasteiger partial charge >= 0.3 is 6.18 Å². The summed E-state index contributed by atoms with van der Waals surface area (Å²) in [5.74, 6) is -1.25. The van der Waals surface area contributed by atoms with Crippen molar-refractivity contribution in [3.05, 3.63) is 37.2 Å². The highest BCUT2D eigenvalue weighted by atomic mass is 127. The molecule has 0 saturated heterocycles. The van der Waals surface area contributed by atoms with Crippen LogP contribution in [0, 0.1) is 19.5 Å². The molecule has 82 valence electrons. The van der Waals surface area contributed by atoms with Crippen LogP contribution in [-0.2, 0) is 6.18 Å². The Morgan fingerprint density at radius 3 is 2.27 bits per heavy atom. The first kappa shape index (κ1) is 12.1. The molecule has 0 aliphatic rings. The second-order valence-corrected chi connectivity index (χ2v) is 3.62. The molecule has 0 aromatic heterocycles. The summed E-state index contributed by atoms with van der Waals surface area (Å²) in [7, 11) is 0. The van der Waals surface area contributed by atoms with E-state index in [4.69, 9.17) is 0 Å². The molecule has 3 nitrogen and oxygen atoms in total. The zero-order chi connectivity index (χ0) is 11.8. The fraction of sp³-hybridized carbons (Fsp3) is 0.143. The first-order valence-corrected chi connectivity index (χ1v) is 4.52. The lowest BCUT2D eigenvalue weighted by Gasteiger charge is -2.08. The molecular weight excluding hydrogens is 333 g/mol. The Labute approximate surface area is 94.4 Å². The number of alkyl halides is 3. The number of hydrogen-bond donors (Lipinski definition) is 0. The summed E-state index contributed by atoms with van der Waals surface area (Å²) < 4.78 is 49.1. The third-order valence-corrected chi connectivity index (χ3v) is 2.63. The van der Waals surface area contributed by atoms with Crippen molar-refractivity contribution in [2.24, 2.45) is 0 Å². The van der Waals surface area contributed by atoms with Gasteiger partial charge in [0.05, 0.1) is 20.1 Å². The highest BCUT2D eigenvalue weighted by Crippen LogP contribution is 2.36. The maximum absolute atomic E-state index is 12.9. The van der Waals surface area contributed by atoms with Crippen molar-refractivity contribution in [3.8, 4) is 0 Å². The average molecular weight is 335 g/mol. The van der Waals surface area contributed by atoms with Gasteiger partial charge in [-0.3, -0.25) is 10.1 Å². The van der Waals surface area contributed by atoms with Crippen LogP contribution >= 0.6 is 22.6 Å². The molecule has 1 rings (SSSR count). The Morgan fingerprint density at radius 1 is 1.33 bits per heavy atom. The molecule has 15 heavy (non-hydrogen) atoms. The van der Waals surface area contributed by atoms with Gasteiger partial charge in [0.15, 0.2) is 0 Å². The Bertz CT molecular complexity index is 418. The zero-order valence-corrected chi connectivity index (χ0v) is 8.97. The van der Waals surface area contributed by atoms with E-state index >= 15 is 0 Å². The Hall–Kier alpha value is -0.930. The summed E-state index contributed by atoms with van der Waals surface area (Å²) in [6.07, 6.45) is -4.80. The van der Waals surface area contributed by atoms with Gasteiger partial charge in [-0.1, -0.05) is 0 Å². The van der Waals surface area contributed by atoms with Crippen molar-refractivity contribution in [2.75, 3.05) is 0 Å². The van der Waals surface area contributed by atoms with Crippen LogP contribution in [0.4, 0.5) is 23.2 Å². The molecule has 0 bridgehead atoms. The predicted molar refractivity (Wildman–Crippen MR) is 50.8 cm³/mol. The highest BCUT2D eigenvalue weighted by molar-refractivity contribution is 14.1. The fourth-order valence-electron chi connectivity index (χ4n) is 0.886. The summed E-state index contributed by atoms with van der Waals surface area (Å²) in [4.78, 5) is 9.14. The lowest BCUT2D eigenvalue weighted by Crippen LogP contribution is -2.09. The summed E-state index contributed by atoms with van der Waals surface area (Å²) in [6.45, 7) is 0. The van der Waals surface area contributed by atoms with Crippen molar-refractivity contribution in [2.45, 2.75) is 6.18 Å². The standard InChI is InChI=1S/C7H2F4INO2/c8-5-2-3(13(14)15)1-4(6(5)12)7(9,10)11/h1-2H. The number of nitro benzene ring substituents is 1. The summed E-state index contributed by atoms with van der Waals surface area (Å²) >= 11 is 1.15. The lowest BCUT2D eigenvalue weighted by atomic mass is 10.2. The molecule has 0 amide bonds. The maximum atomic E-state index is 12.9. The van der Waals surface area contributed by atoms with Crippen LogP contribution in [0.3, 0.4) is 0 Å². The number of non-ortho nitro benzene ring substituents is 1. The van der Waals surface area contributed by atoms with Crippen LogP contribution in [0.25, 0.3) is 0 Å². The molecule has 1 aromatic carbocycles. The monoisotopic (exact) mass is 335 g/mol. The smallest absolute Gasteiger partial charge is 0.258 e. The molecule has 0 radical (unpaired) electrons. The minimum atomic E-state index is -4.80. The van der Waals surface area contributed by atoms with Crippen LogP contribution in [0.2, 0.25) is 0 Å². The number of benzene rings is 1. The molecular formula is C7H2F4INO2. The van der Waals surface area contributed by atoms with Gasteiger partial charge < -0.3 is 0 Å². The SMILES string of the molecule is O=[N+]([O-])c1cc(F)c(I)c(C(F)(F)F)c1. The van der Waals surface area contributed by atoms with Crippen LogP contribution in [0.1, 0.15) is 5.56 Å². The number of halogens is 5. The lowest BCUT2D eigenvalue weighted by molar-refractivity contribution is -0.385. The van der Waals surface area contributed by atoms with Gasteiger partial charge in [0, 0.05) is 6.07 Å². The van der Waals surface area contributed by atoms with E-state index in [1.54, 1.807) is 0 Å². The predicted octanol–water partition coefficient (Wildman–Crippen LogP) is 3.36. The van der Waals surface area contributed by atoms with Gasteiger partial charge in [0.25, 0.3) is 5.69 Å². The van der Waals surface area contributed by atoms with E-state index in [1.807, 2.05) is 0 Å². The van der Waals surface area contributed by atoms with Crippen molar-refractivity contribution in [1.29, 1.82) is 0 Å². The van der Waals surface area contributed by atoms with Gasteiger partial charge in [0.1, 0.15) is 5.82 Å². The number of nitro groups is 1. The molecule has 8 heteroatoms. The topological polar surface area (TPSA) is 43.1 Å². The van der Waals surface area contributed by atoms with Crippen molar-refractivity contribution < 1.29 is 22.5 Å². The zero-order valence-electron chi connectivity index (χ0n) is 6.81. The normalized spacial score (nSPS) is 11.5. The molecule has 0 atom stereocenters. The summed E-state index contributed by atoms with van der Waals surface area (Å²) in [6, 6.07) is 0.766. The summed E-state index contributed by atoms with van der Waals surface area (Å²) in [5.41, 5.74) is -2.25. The van der Waals surface area contributed by atoms with Crippen LogP contribution < -0.4 is 0 Å². The van der Waals surface area contributed by atoms with Crippen LogP contribution in [0.15, 0.2) is 12.1 Å². The highest BCUT2D eigenvalue weighted by Gasteiger charge is 2.36. The quantitative estimate of drug-likeness (QED) is 0.342. The third kappa shape index (κ3) is 2.55. The number of hydrogen-bond acceptors (Lipinski definition) is 2. The van der Waals surface area contributed by atoms with Crippen molar-refractivity contribution in [3.63, 3.8) is 0 Å². The first-order valence-electron chi connectivity index (χ1n) is 3.44. The maximum Gasteiger partial charge on any atom is 0.417 e. The molecule has 0 aliphatic carbocycles. The second kappa shape index (κ2) is 3.91. The van der Waals surface area contributed by atoms with E-state index < -0.39 is 31.7 Å².